The van der Waals surface area contributed by atoms with Gasteiger partial charge in [0, 0.05) is 10.9 Å². The van der Waals surface area contributed by atoms with Gasteiger partial charge in [-0.25, -0.2) is 0 Å². The fourth-order valence-corrected chi connectivity index (χ4v) is 2.34. The summed E-state index contributed by atoms with van der Waals surface area (Å²) in [5.74, 6) is 1.47. The van der Waals surface area contributed by atoms with Gasteiger partial charge in [-0.15, -0.1) is 0 Å². The second kappa shape index (κ2) is 8.45. The minimum Gasteiger partial charge on any atom is -0.455 e. The Morgan fingerprint density at radius 1 is 1.09 bits per heavy atom. The van der Waals surface area contributed by atoms with Crippen molar-refractivity contribution in [3.8, 4) is 17.6 Å². The van der Waals surface area contributed by atoms with Crippen molar-refractivity contribution in [3.05, 3.63) is 58.6 Å². The van der Waals surface area contributed by atoms with Gasteiger partial charge in [-0.05, 0) is 48.9 Å². The van der Waals surface area contributed by atoms with Crippen LogP contribution in [-0.2, 0) is 0 Å². The molecule has 0 aliphatic carbocycles. The first-order valence-corrected chi connectivity index (χ1v) is 8.09. The molecule has 0 amide bonds. The van der Waals surface area contributed by atoms with E-state index in [1.165, 1.54) is 0 Å². The third kappa shape index (κ3) is 5.09. The molecule has 1 atom stereocenters. The zero-order valence-corrected chi connectivity index (χ0v) is 14.0. The molecule has 0 radical (unpaired) electrons. The van der Waals surface area contributed by atoms with Gasteiger partial charge in [-0.3, -0.25) is 0 Å². The molecule has 1 unspecified atom stereocenters. The lowest BCUT2D eigenvalue weighted by Gasteiger charge is -2.20. The summed E-state index contributed by atoms with van der Waals surface area (Å²) in [6.07, 6.45) is 2.56. The lowest BCUT2D eigenvalue weighted by Crippen LogP contribution is -2.23. The maximum Gasteiger partial charge on any atom is 0.241 e. The monoisotopic (exact) mass is 359 g/mol. The van der Waals surface area contributed by atoms with E-state index in [2.05, 4.69) is 28.9 Å². The van der Waals surface area contributed by atoms with Gasteiger partial charge in [0.15, 0.2) is 0 Å². The van der Waals surface area contributed by atoms with Crippen molar-refractivity contribution in [2.75, 3.05) is 0 Å². The summed E-state index contributed by atoms with van der Waals surface area (Å²) >= 11 is 3.44. The molecule has 3 nitrogen and oxygen atoms in total. The molecule has 0 saturated heterocycles. The second-order valence-corrected chi connectivity index (χ2v) is 5.82. The Labute approximate surface area is 139 Å². The Morgan fingerprint density at radius 2 is 1.82 bits per heavy atom. The molecule has 0 heterocycles. The minimum absolute atomic E-state index is 0.345. The summed E-state index contributed by atoms with van der Waals surface area (Å²) in [7, 11) is 0. The fraction of sp³-hybridized carbons (Fsp3) is 0.278. The molecule has 2 aromatic carbocycles. The maximum absolute atomic E-state index is 8.83. The van der Waals surface area contributed by atoms with Crippen LogP contribution in [0.3, 0.4) is 0 Å². The van der Waals surface area contributed by atoms with Crippen LogP contribution in [0.2, 0.25) is 0 Å². The van der Waals surface area contributed by atoms with E-state index in [0.29, 0.717) is 11.3 Å². The molecule has 0 N–H and O–H groups in total. The summed E-state index contributed by atoms with van der Waals surface area (Å²) in [6.45, 7) is 2.14. The van der Waals surface area contributed by atoms with Crippen molar-refractivity contribution in [1.82, 2.24) is 0 Å². The highest BCUT2D eigenvalue weighted by molar-refractivity contribution is 9.10. The van der Waals surface area contributed by atoms with Gasteiger partial charge >= 0.3 is 0 Å². The highest BCUT2D eigenvalue weighted by Gasteiger charge is 2.12. The smallest absolute Gasteiger partial charge is 0.241 e. The van der Waals surface area contributed by atoms with Crippen LogP contribution in [0.4, 0.5) is 0 Å². The van der Waals surface area contributed by atoms with Crippen molar-refractivity contribution < 1.29 is 9.47 Å². The number of rotatable bonds is 7. The van der Waals surface area contributed by atoms with E-state index in [0.717, 1.165) is 29.5 Å². The Hall–Kier alpha value is -1.99. The summed E-state index contributed by atoms with van der Waals surface area (Å²) in [4.78, 5) is 0. The topological polar surface area (TPSA) is 42.2 Å². The molecule has 0 bridgehead atoms. The van der Waals surface area contributed by atoms with Crippen molar-refractivity contribution in [3.63, 3.8) is 0 Å². The Morgan fingerprint density at radius 3 is 2.45 bits per heavy atom. The molecule has 0 spiro atoms. The normalized spacial score (nSPS) is 11.5. The molecular weight excluding hydrogens is 342 g/mol. The number of unbranched alkanes of at least 4 members (excludes halogenated alkanes) is 1. The van der Waals surface area contributed by atoms with E-state index in [1.54, 1.807) is 24.3 Å². The van der Waals surface area contributed by atoms with E-state index < -0.39 is 0 Å². The minimum atomic E-state index is -0.345. The van der Waals surface area contributed by atoms with Gasteiger partial charge in [-0.1, -0.05) is 35.3 Å². The Kier molecular flexibility index (Phi) is 6.29. The van der Waals surface area contributed by atoms with Crippen LogP contribution in [0.15, 0.2) is 53.0 Å². The van der Waals surface area contributed by atoms with Gasteiger partial charge in [0.1, 0.15) is 11.5 Å². The quantitative estimate of drug-likeness (QED) is 0.630. The predicted molar refractivity (Wildman–Crippen MR) is 89.9 cm³/mol. The number of nitriles is 1. The van der Waals surface area contributed by atoms with E-state index in [4.69, 9.17) is 14.7 Å². The third-order valence-electron chi connectivity index (χ3n) is 3.11. The average Bonchev–Trinajstić information content (AvgIpc) is 2.53. The molecular formula is C18H18BrNO2. The Balaban J connectivity index is 2.06. The average molecular weight is 360 g/mol. The standard InChI is InChI=1S/C18H18BrNO2/c1-2-3-7-18(22-17-6-4-5-15(19)12-17)21-16-10-8-14(13-20)9-11-16/h4-6,8-12,18H,2-3,7H2,1H3. The molecule has 0 saturated carbocycles. The molecule has 0 aliphatic heterocycles. The number of halogens is 1. The largest absolute Gasteiger partial charge is 0.455 e. The van der Waals surface area contributed by atoms with Crippen LogP contribution >= 0.6 is 15.9 Å². The second-order valence-electron chi connectivity index (χ2n) is 4.90. The number of benzene rings is 2. The van der Waals surface area contributed by atoms with E-state index in [9.17, 15) is 0 Å². The van der Waals surface area contributed by atoms with Crippen LogP contribution < -0.4 is 9.47 Å². The molecule has 4 heteroatoms. The summed E-state index contributed by atoms with van der Waals surface area (Å²) in [5, 5.41) is 8.83. The van der Waals surface area contributed by atoms with E-state index in [-0.39, 0.29) is 6.29 Å². The van der Waals surface area contributed by atoms with Crippen LogP contribution in [0, 0.1) is 11.3 Å². The number of hydrogen-bond acceptors (Lipinski definition) is 3. The van der Waals surface area contributed by atoms with Crippen molar-refractivity contribution in [1.29, 1.82) is 5.26 Å². The lowest BCUT2D eigenvalue weighted by atomic mass is 10.2. The number of ether oxygens (including phenoxy) is 2. The fourth-order valence-electron chi connectivity index (χ4n) is 1.96. The third-order valence-corrected chi connectivity index (χ3v) is 3.60. The summed E-state index contributed by atoms with van der Waals surface area (Å²) in [5.41, 5.74) is 0.616. The first kappa shape index (κ1) is 16.4. The van der Waals surface area contributed by atoms with Gasteiger partial charge in [0.2, 0.25) is 6.29 Å². The SMILES string of the molecule is CCCCC(Oc1ccc(C#N)cc1)Oc1cccc(Br)c1. The highest BCUT2D eigenvalue weighted by Crippen LogP contribution is 2.22. The molecule has 0 aliphatic rings. The lowest BCUT2D eigenvalue weighted by molar-refractivity contribution is -0.00216. The molecule has 0 aromatic heterocycles. The van der Waals surface area contributed by atoms with Crippen LogP contribution in [0.5, 0.6) is 11.5 Å². The zero-order valence-electron chi connectivity index (χ0n) is 12.5. The summed E-state index contributed by atoms with van der Waals surface area (Å²) < 4.78 is 12.8. The highest BCUT2D eigenvalue weighted by atomic mass is 79.9. The Bertz CT molecular complexity index is 634. The predicted octanol–water partition coefficient (Wildman–Crippen LogP) is 5.29. The summed E-state index contributed by atoms with van der Waals surface area (Å²) in [6, 6.07) is 16.9. The van der Waals surface area contributed by atoms with Crippen molar-refractivity contribution in [2.24, 2.45) is 0 Å². The van der Waals surface area contributed by atoms with E-state index >= 15 is 0 Å². The zero-order chi connectivity index (χ0) is 15.8. The van der Waals surface area contributed by atoms with Gasteiger partial charge in [-0.2, -0.15) is 5.26 Å². The van der Waals surface area contributed by atoms with Crippen molar-refractivity contribution in [2.45, 2.75) is 32.5 Å². The number of nitrogens with zero attached hydrogens (tertiary/aromatic N) is 1. The van der Waals surface area contributed by atoms with Crippen molar-refractivity contribution >= 4 is 15.9 Å². The van der Waals surface area contributed by atoms with E-state index in [1.807, 2.05) is 24.3 Å². The molecule has 22 heavy (non-hydrogen) atoms. The maximum atomic E-state index is 8.83. The number of hydrogen-bond donors (Lipinski definition) is 0. The molecule has 2 rings (SSSR count). The first-order valence-electron chi connectivity index (χ1n) is 7.30. The van der Waals surface area contributed by atoms with Crippen LogP contribution in [-0.4, -0.2) is 6.29 Å². The first-order chi connectivity index (χ1) is 10.7. The van der Waals surface area contributed by atoms with Gasteiger partial charge < -0.3 is 9.47 Å². The van der Waals surface area contributed by atoms with Gasteiger partial charge in [0.25, 0.3) is 0 Å². The van der Waals surface area contributed by atoms with Crippen LogP contribution in [0.25, 0.3) is 0 Å². The molecule has 0 fully saturated rings. The van der Waals surface area contributed by atoms with Gasteiger partial charge in [0.05, 0.1) is 11.6 Å². The molecule has 2 aromatic rings. The van der Waals surface area contributed by atoms with Crippen LogP contribution in [0.1, 0.15) is 31.7 Å². The molecule has 114 valence electrons.